The number of halogens is 2. The summed E-state index contributed by atoms with van der Waals surface area (Å²) in [6, 6.07) is 2.80. The number of aromatic carboxylic acids is 1. The van der Waals surface area contributed by atoms with E-state index < -0.39 is 11.9 Å². The Kier molecular flexibility index (Phi) is 4.31. The van der Waals surface area contributed by atoms with Crippen molar-refractivity contribution in [2.75, 3.05) is 13.6 Å². The van der Waals surface area contributed by atoms with Crippen LogP contribution in [0.4, 0.5) is 8.78 Å². The van der Waals surface area contributed by atoms with Crippen molar-refractivity contribution in [3.63, 3.8) is 0 Å². The van der Waals surface area contributed by atoms with Gasteiger partial charge in [-0.05, 0) is 19.2 Å². The van der Waals surface area contributed by atoms with Gasteiger partial charge in [0.25, 0.3) is 5.92 Å². The van der Waals surface area contributed by atoms with Crippen molar-refractivity contribution in [2.45, 2.75) is 31.2 Å². The Hall–Kier alpha value is -2.35. The van der Waals surface area contributed by atoms with Gasteiger partial charge in [-0.25, -0.2) is 18.6 Å². The van der Waals surface area contributed by atoms with Crippen LogP contribution in [0, 0.1) is 0 Å². The number of hydrogen-bond donors (Lipinski definition) is 2. The van der Waals surface area contributed by atoms with Crippen LogP contribution in [0.1, 0.15) is 29.0 Å². The molecule has 1 saturated carbocycles. The highest BCUT2D eigenvalue weighted by Gasteiger charge is 2.46. The Morgan fingerprint density at radius 2 is 2.21 bits per heavy atom. The second kappa shape index (κ2) is 6.27. The first kappa shape index (κ1) is 16.5. The van der Waals surface area contributed by atoms with Crippen molar-refractivity contribution in [1.82, 2.24) is 19.9 Å². The van der Waals surface area contributed by atoms with Crippen molar-refractivity contribution in [3.05, 3.63) is 35.9 Å². The van der Waals surface area contributed by atoms with Gasteiger partial charge in [-0.3, -0.25) is 4.98 Å². The SMILES string of the molecule is CN(CCc1nc(-c2cc(C(=O)O)ccn2)c[nH]1)C1CC(F)(F)C1. The monoisotopic (exact) mass is 336 g/mol. The fourth-order valence-corrected chi connectivity index (χ4v) is 2.73. The van der Waals surface area contributed by atoms with Crippen LogP contribution in [-0.2, 0) is 6.42 Å². The molecule has 1 aliphatic carbocycles. The van der Waals surface area contributed by atoms with E-state index in [9.17, 15) is 13.6 Å². The highest BCUT2D eigenvalue weighted by atomic mass is 19.3. The number of likely N-dealkylation sites (N-methyl/N-ethyl adjacent to an activating group) is 1. The first-order valence-electron chi connectivity index (χ1n) is 7.66. The molecule has 0 amide bonds. The molecule has 8 heteroatoms. The summed E-state index contributed by atoms with van der Waals surface area (Å²) in [6.07, 6.45) is 3.52. The summed E-state index contributed by atoms with van der Waals surface area (Å²) in [5, 5.41) is 9.01. The van der Waals surface area contributed by atoms with E-state index in [-0.39, 0.29) is 24.4 Å². The molecule has 2 aromatic heterocycles. The number of rotatable bonds is 6. The number of alkyl halides is 2. The summed E-state index contributed by atoms with van der Waals surface area (Å²) in [4.78, 5) is 24.5. The van der Waals surface area contributed by atoms with E-state index in [1.165, 1.54) is 18.3 Å². The molecule has 0 spiro atoms. The molecule has 3 rings (SSSR count). The minimum atomic E-state index is -2.52. The largest absolute Gasteiger partial charge is 0.478 e. The van der Waals surface area contributed by atoms with Crippen LogP contribution in [0.2, 0.25) is 0 Å². The van der Waals surface area contributed by atoms with E-state index in [1.54, 1.807) is 6.20 Å². The molecule has 2 N–H and O–H groups in total. The van der Waals surface area contributed by atoms with Gasteiger partial charge in [0.1, 0.15) is 11.5 Å². The lowest BCUT2D eigenvalue weighted by Gasteiger charge is -2.40. The number of imidazole rings is 1. The summed E-state index contributed by atoms with van der Waals surface area (Å²) < 4.78 is 25.8. The van der Waals surface area contributed by atoms with E-state index in [4.69, 9.17) is 5.11 Å². The van der Waals surface area contributed by atoms with Gasteiger partial charge in [0, 0.05) is 44.2 Å². The molecular weight excluding hydrogens is 318 g/mol. The third-order valence-electron chi connectivity index (χ3n) is 4.29. The molecule has 0 aromatic carbocycles. The van der Waals surface area contributed by atoms with Crippen LogP contribution in [0.15, 0.2) is 24.5 Å². The van der Waals surface area contributed by atoms with Gasteiger partial charge in [0.05, 0.1) is 11.3 Å². The van der Waals surface area contributed by atoms with E-state index in [0.717, 1.165) is 0 Å². The lowest BCUT2D eigenvalue weighted by molar-refractivity contribution is -0.119. The number of aromatic nitrogens is 3. The summed E-state index contributed by atoms with van der Waals surface area (Å²) in [5.74, 6) is -2.82. The smallest absolute Gasteiger partial charge is 0.335 e. The number of pyridine rings is 1. The Morgan fingerprint density at radius 3 is 2.88 bits per heavy atom. The van der Waals surface area contributed by atoms with Crippen molar-refractivity contribution >= 4 is 5.97 Å². The molecule has 6 nitrogen and oxygen atoms in total. The normalized spacial score (nSPS) is 17.0. The summed E-state index contributed by atoms with van der Waals surface area (Å²) >= 11 is 0. The van der Waals surface area contributed by atoms with E-state index in [2.05, 4.69) is 15.0 Å². The van der Waals surface area contributed by atoms with Gasteiger partial charge in [-0.1, -0.05) is 0 Å². The molecule has 0 saturated heterocycles. The Bertz CT molecular complexity index is 739. The number of H-pyrrole nitrogens is 1. The van der Waals surface area contributed by atoms with Gasteiger partial charge < -0.3 is 15.0 Å². The Morgan fingerprint density at radius 1 is 1.46 bits per heavy atom. The average Bonchev–Trinajstić information content (AvgIpc) is 2.99. The maximum Gasteiger partial charge on any atom is 0.335 e. The molecular formula is C16H18F2N4O2. The fourth-order valence-electron chi connectivity index (χ4n) is 2.73. The van der Waals surface area contributed by atoms with E-state index in [1.807, 2.05) is 11.9 Å². The highest BCUT2D eigenvalue weighted by molar-refractivity contribution is 5.88. The third kappa shape index (κ3) is 3.59. The standard InChI is InChI=1S/C16H18F2N4O2/c1-22(11-7-16(17,18)8-11)5-3-14-20-9-13(21-14)12-6-10(15(23)24)2-4-19-12/h2,4,6,9,11H,3,5,7-8H2,1H3,(H,20,21)(H,23,24). The molecule has 0 radical (unpaired) electrons. The van der Waals surface area contributed by atoms with Crippen LogP contribution in [0.5, 0.6) is 0 Å². The van der Waals surface area contributed by atoms with Crippen molar-refractivity contribution < 1.29 is 18.7 Å². The number of hydrogen-bond acceptors (Lipinski definition) is 4. The second-order valence-electron chi connectivity index (χ2n) is 6.12. The van der Waals surface area contributed by atoms with Crippen LogP contribution >= 0.6 is 0 Å². The number of carboxylic acid groups (broad SMARTS) is 1. The van der Waals surface area contributed by atoms with Crippen LogP contribution in [0.25, 0.3) is 11.4 Å². The maximum absolute atomic E-state index is 12.9. The van der Waals surface area contributed by atoms with Gasteiger partial charge in [-0.15, -0.1) is 0 Å². The van der Waals surface area contributed by atoms with Gasteiger partial charge in [0.2, 0.25) is 0 Å². The van der Waals surface area contributed by atoms with Crippen LogP contribution in [0.3, 0.4) is 0 Å². The third-order valence-corrected chi connectivity index (χ3v) is 4.29. The second-order valence-corrected chi connectivity index (χ2v) is 6.12. The molecule has 0 atom stereocenters. The zero-order valence-corrected chi connectivity index (χ0v) is 13.2. The number of aromatic amines is 1. The summed E-state index contributed by atoms with van der Waals surface area (Å²) in [7, 11) is 1.83. The first-order chi connectivity index (χ1) is 11.3. The minimum Gasteiger partial charge on any atom is -0.478 e. The lowest BCUT2D eigenvalue weighted by Crippen LogP contribution is -2.49. The zero-order valence-electron chi connectivity index (χ0n) is 13.2. The van der Waals surface area contributed by atoms with Crippen molar-refractivity contribution in [2.24, 2.45) is 0 Å². The molecule has 0 unspecified atom stereocenters. The number of nitrogens with one attached hydrogen (secondary N) is 1. The number of nitrogens with zero attached hydrogens (tertiary/aromatic N) is 3. The van der Waals surface area contributed by atoms with Crippen LogP contribution < -0.4 is 0 Å². The quantitative estimate of drug-likeness (QED) is 0.847. The predicted octanol–water partition coefficient (Wildman–Crippen LogP) is 2.44. The highest BCUT2D eigenvalue weighted by Crippen LogP contribution is 2.39. The van der Waals surface area contributed by atoms with E-state index in [0.29, 0.717) is 30.2 Å². The fraction of sp³-hybridized carbons (Fsp3) is 0.438. The molecule has 1 fully saturated rings. The Balaban J connectivity index is 1.60. The predicted molar refractivity (Wildman–Crippen MR) is 83.1 cm³/mol. The molecule has 0 bridgehead atoms. The Labute approximate surface area is 137 Å². The molecule has 0 aliphatic heterocycles. The molecule has 128 valence electrons. The van der Waals surface area contributed by atoms with E-state index >= 15 is 0 Å². The molecule has 24 heavy (non-hydrogen) atoms. The number of carboxylic acids is 1. The minimum absolute atomic E-state index is 0.0802. The van der Waals surface area contributed by atoms with Gasteiger partial charge >= 0.3 is 5.97 Å². The molecule has 2 aromatic rings. The van der Waals surface area contributed by atoms with Crippen molar-refractivity contribution in [1.29, 1.82) is 0 Å². The van der Waals surface area contributed by atoms with Crippen molar-refractivity contribution in [3.8, 4) is 11.4 Å². The first-order valence-corrected chi connectivity index (χ1v) is 7.66. The number of carbonyl (C=O) groups is 1. The van der Waals surface area contributed by atoms with Gasteiger partial charge in [0.15, 0.2) is 0 Å². The molecule has 2 heterocycles. The maximum atomic E-state index is 12.9. The molecule has 1 aliphatic rings. The summed E-state index contributed by atoms with van der Waals surface area (Å²) in [5.41, 5.74) is 1.19. The topological polar surface area (TPSA) is 82.1 Å². The average molecular weight is 336 g/mol. The summed E-state index contributed by atoms with van der Waals surface area (Å²) in [6.45, 7) is 0.621. The van der Waals surface area contributed by atoms with Crippen LogP contribution in [-0.4, -0.2) is 56.5 Å². The zero-order chi connectivity index (χ0) is 17.3. The van der Waals surface area contributed by atoms with Gasteiger partial charge in [-0.2, -0.15) is 0 Å². The lowest BCUT2D eigenvalue weighted by atomic mass is 9.87.